The fourth-order valence-electron chi connectivity index (χ4n) is 3.59. The molecule has 2 amide bonds. The van der Waals surface area contributed by atoms with Gasteiger partial charge in [-0.3, -0.25) is 4.79 Å². The number of nitrogens with zero attached hydrogens (tertiary/aromatic N) is 2. The van der Waals surface area contributed by atoms with E-state index in [1.165, 1.54) is 12.8 Å². The van der Waals surface area contributed by atoms with Gasteiger partial charge in [0.15, 0.2) is 0 Å². The Hall–Kier alpha value is -1.34. The lowest BCUT2D eigenvalue weighted by molar-refractivity contribution is -0.131. The molecule has 1 unspecified atom stereocenters. The van der Waals surface area contributed by atoms with Gasteiger partial charge in [-0.25, -0.2) is 4.79 Å². The Morgan fingerprint density at radius 2 is 1.73 bits per heavy atom. The predicted octanol–water partition coefficient (Wildman–Crippen LogP) is 2.08. The van der Waals surface area contributed by atoms with Crippen LogP contribution < -0.4 is 11.5 Å². The Labute approximate surface area is 158 Å². The number of hydrogen-bond acceptors (Lipinski definition) is 5. The molecule has 2 fully saturated rings. The molecule has 1 aliphatic heterocycles. The van der Waals surface area contributed by atoms with Crippen molar-refractivity contribution in [2.45, 2.75) is 96.5 Å². The van der Waals surface area contributed by atoms with Crippen molar-refractivity contribution in [1.82, 2.24) is 9.80 Å². The lowest BCUT2D eigenvalue weighted by Gasteiger charge is -2.39. The molecular weight excluding hydrogens is 332 g/mol. The molecule has 0 radical (unpaired) electrons. The molecule has 152 valence electrons. The molecular formula is C19H38N4O3. The Kier molecular flexibility index (Phi) is 8.34. The van der Waals surface area contributed by atoms with Gasteiger partial charge >= 0.3 is 6.09 Å². The maximum Gasteiger partial charge on any atom is 0.405 e. The Balaban J connectivity index is 0.000000359. The van der Waals surface area contributed by atoms with E-state index in [4.69, 9.17) is 11.5 Å². The van der Waals surface area contributed by atoms with E-state index < -0.39 is 11.7 Å². The molecule has 1 saturated carbocycles. The minimum Gasteiger partial charge on any atom is -0.444 e. The van der Waals surface area contributed by atoms with Gasteiger partial charge in [-0.05, 0) is 73.8 Å². The summed E-state index contributed by atoms with van der Waals surface area (Å²) >= 11 is 0. The fourth-order valence-corrected chi connectivity index (χ4v) is 3.59. The van der Waals surface area contributed by atoms with Gasteiger partial charge in [0.1, 0.15) is 5.60 Å². The van der Waals surface area contributed by atoms with Gasteiger partial charge in [-0.1, -0.05) is 0 Å². The van der Waals surface area contributed by atoms with Crippen LogP contribution in [0.5, 0.6) is 0 Å². The van der Waals surface area contributed by atoms with Gasteiger partial charge in [0, 0.05) is 24.7 Å². The van der Waals surface area contributed by atoms with Gasteiger partial charge < -0.3 is 26.0 Å². The summed E-state index contributed by atoms with van der Waals surface area (Å²) in [5.41, 5.74) is 10.1. The van der Waals surface area contributed by atoms with E-state index >= 15 is 0 Å². The summed E-state index contributed by atoms with van der Waals surface area (Å²) < 4.78 is 4.58. The van der Waals surface area contributed by atoms with Crippen molar-refractivity contribution in [2.75, 3.05) is 13.6 Å². The van der Waals surface area contributed by atoms with Crippen molar-refractivity contribution in [2.24, 2.45) is 11.5 Å². The molecule has 1 heterocycles. The van der Waals surface area contributed by atoms with Crippen LogP contribution in [0, 0.1) is 0 Å². The van der Waals surface area contributed by atoms with E-state index in [2.05, 4.69) is 30.5 Å². The average molecular weight is 371 g/mol. The molecule has 4 N–H and O–H groups in total. The number of likely N-dealkylation sites (tertiary alicyclic amines) is 1. The normalized spacial score (nSPS) is 26.7. The van der Waals surface area contributed by atoms with Gasteiger partial charge in [-0.15, -0.1) is 0 Å². The fraction of sp³-hybridized carbons (Fsp3) is 0.895. The number of carbonyl (C=O) groups excluding carboxylic acids is 2. The van der Waals surface area contributed by atoms with E-state index in [0.29, 0.717) is 18.1 Å². The van der Waals surface area contributed by atoms with Crippen LogP contribution in [0.25, 0.3) is 0 Å². The van der Waals surface area contributed by atoms with Crippen LogP contribution in [0.4, 0.5) is 4.79 Å². The average Bonchev–Trinajstić information content (AvgIpc) is 2.84. The summed E-state index contributed by atoms with van der Waals surface area (Å²) in [5.74, 6) is 0.177. The number of amides is 2. The standard InChI is InChI=1S/C14H27N3O.C5H11NO2/c1-10(2)16(3)11-4-6-12(7-5-11)17-9-8-13(15)14(17)18;1-5(2,3)8-4(6)7/h10-13H,4-9,15H2,1-3H3;1-3H3,(H2,6,7). The molecule has 0 aromatic heterocycles. The van der Waals surface area contributed by atoms with Crippen molar-refractivity contribution >= 4 is 12.0 Å². The molecule has 26 heavy (non-hydrogen) atoms. The van der Waals surface area contributed by atoms with Crippen LogP contribution in [0.15, 0.2) is 0 Å². The highest BCUT2D eigenvalue weighted by atomic mass is 16.6. The van der Waals surface area contributed by atoms with Crippen LogP contribution >= 0.6 is 0 Å². The van der Waals surface area contributed by atoms with Crippen molar-refractivity contribution in [1.29, 1.82) is 0 Å². The zero-order valence-corrected chi connectivity index (χ0v) is 17.3. The van der Waals surface area contributed by atoms with Crippen LogP contribution in [-0.4, -0.2) is 65.2 Å². The topological polar surface area (TPSA) is 102 Å². The smallest absolute Gasteiger partial charge is 0.405 e. The molecule has 0 bridgehead atoms. The number of nitrogens with two attached hydrogens (primary N) is 2. The quantitative estimate of drug-likeness (QED) is 0.792. The highest BCUT2D eigenvalue weighted by Crippen LogP contribution is 2.29. The van der Waals surface area contributed by atoms with Crippen molar-refractivity contribution in [3.8, 4) is 0 Å². The first-order valence-corrected chi connectivity index (χ1v) is 9.68. The molecule has 0 spiro atoms. The number of primary amides is 1. The van der Waals surface area contributed by atoms with E-state index in [9.17, 15) is 9.59 Å². The van der Waals surface area contributed by atoms with Crippen LogP contribution in [0.3, 0.4) is 0 Å². The molecule has 2 rings (SSSR count). The number of carbonyl (C=O) groups is 2. The largest absolute Gasteiger partial charge is 0.444 e. The summed E-state index contributed by atoms with van der Waals surface area (Å²) in [6, 6.07) is 1.50. The molecule has 7 heteroatoms. The van der Waals surface area contributed by atoms with Crippen LogP contribution in [0.2, 0.25) is 0 Å². The third-order valence-corrected chi connectivity index (χ3v) is 5.19. The molecule has 1 atom stereocenters. The summed E-state index contributed by atoms with van der Waals surface area (Å²) in [7, 11) is 2.21. The Morgan fingerprint density at radius 1 is 1.19 bits per heavy atom. The Morgan fingerprint density at radius 3 is 2.04 bits per heavy atom. The second kappa shape index (κ2) is 9.55. The zero-order valence-electron chi connectivity index (χ0n) is 17.3. The SMILES string of the molecule is CC(C)(C)OC(N)=O.CC(C)N(C)C1CCC(N2CCC(N)C2=O)CC1. The molecule has 2 aliphatic rings. The minimum absolute atomic E-state index is 0.177. The van der Waals surface area contributed by atoms with Crippen molar-refractivity contribution < 1.29 is 14.3 Å². The summed E-state index contributed by atoms with van der Waals surface area (Å²) in [6.07, 6.45) is 4.80. The van der Waals surface area contributed by atoms with E-state index in [0.717, 1.165) is 25.8 Å². The summed E-state index contributed by atoms with van der Waals surface area (Å²) in [6.45, 7) is 10.6. The molecule has 0 aromatic rings. The highest BCUT2D eigenvalue weighted by molar-refractivity contribution is 5.84. The van der Waals surface area contributed by atoms with Crippen LogP contribution in [0.1, 0.15) is 66.7 Å². The second-order valence-electron chi connectivity index (χ2n) is 8.68. The van der Waals surface area contributed by atoms with Gasteiger partial charge in [0.25, 0.3) is 0 Å². The van der Waals surface area contributed by atoms with Crippen molar-refractivity contribution in [3.63, 3.8) is 0 Å². The lowest BCUT2D eigenvalue weighted by atomic mass is 9.89. The first-order valence-electron chi connectivity index (χ1n) is 9.68. The van der Waals surface area contributed by atoms with Gasteiger partial charge in [-0.2, -0.15) is 0 Å². The molecule has 0 aromatic carbocycles. The monoisotopic (exact) mass is 370 g/mol. The van der Waals surface area contributed by atoms with Crippen LogP contribution in [-0.2, 0) is 9.53 Å². The molecule has 7 nitrogen and oxygen atoms in total. The summed E-state index contributed by atoms with van der Waals surface area (Å²) in [5, 5.41) is 0. The van der Waals surface area contributed by atoms with E-state index in [1.54, 1.807) is 20.8 Å². The van der Waals surface area contributed by atoms with Gasteiger partial charge in [0.05, 0.1) is 6.04 Å². The lowest BCUT2D eigenvalue weighted by Crippen LogP contribution is -2.46. The maximum absolute atomic E-state index is 11.9. The first-order chi connectivity index (χ1) is 11.9. The predicted molar refractivity (Wildman–Crippen MR) is 104 cm³/mol. The van der Waals surface area contributed by atoms with Crippen molar-refractivity contribution in [3.05, 3.63) is 0 Å². The third-order valence-electron chi connectivity index (χ3n) is 5.19. The first kappa shape index (κ1) is 22.7. The maximum atomic E-state index is 11.9. The molecule has 1 aliphatic carbocycles. The van der Waals surface area contributed by atoms with E-state index in [1.807, 2.05) is 4.90 Å². The Bertz CT molecular complexity index is 468. The molecule has 1 saturated heterocycles. The zero-order chi connectivity index (χ0) is 20.1. The number of rotatable bonds is 3. The van der Waals surface area contributed by atoms with E-state index in [-0.39, 0.29) is 11.9 Å². The number of hydrogen-bond donors (Lipinski definition) is 2. The number of ether oxygens (including phenoxy) is 1. The minimum atomic E-state index is -0.725. The second-order valence-corrected chi connectivity index (χ2v) is 8.68. The summed E-state index contributed by atoms with van der Waals surface area (Å²) in [4.78, 5) is 26.4. The third kappa shape index (κ3) is 7.11. The van der Waals surface area contributed by atoms with Gasteiger partial charge in [0.2, 0.25) is 5.91 Å². The highest BCUT2D eigenvalue weighted by Gasteiger charge is 2.36.